The first-order chi connectivity index (χ1) is 16.3. The number of rotatable bonds is 10. The molecule has 0 saturated heterocycles. The van der Waals surface area contributed by atoms with Gasteiger partial charge in [-0.15, -0.1) is 0 Å². The Labute approximate surface area is 198 Å². The van der Waals surface area contributed by atoms with Crippen molar-refractivity contribution in [3.63, 3.8) is 0 Å². The van der Waals surface area contributed by atoms with Gasteiger partial charge in [0.2, 0.25) is 5.91 Å². The third kappa shape index (κ3) is 7.05. The van der Waals surface area contributed by atoms with Crippen LogP contribution in [0.2, 0.25) is 0 Å². The zero-order valence-electron chi connectivity index (χ0n) is 18.4. The van der Waals surface area contributed by atoms with E-state index in [0.717, 1.165) is 30.2 Å². The first kappa shape index (κ1) is 27.4. The van der Waals surface area contributed by atoms with Crippen LogP contribution in [0.5, 0.6) is 0 Å². The third-order valence-electron chi connectivity index (χ3n) is 4.69. The molecule has 1 amide bonds. The lowest BCUT2D eigenvalue weighted by molar-refractivity contribution is -0.137. The number of alkyl halides is 3. The number of nitrogens with one attached hydrogen (secondary N) is 2. The fraction of sp³-hybridized carbons (Fsp3) is 0.300. The fourth-order valence-electron chi connectivity index (χ4n) is 3.15. The maximum absolute atomic E-state index is 13.0. The number of anilines is 2. The fourth-order valence-corrected chi connectivity index (χ4v) is 4.27. The molecule has 1 aromatic heterocycles. The number of aliphatic imine (C=N–C) groups is 1. The predicted octanol–water partition coefficient (Wildman–Crippen LogP) is 1.17. The Morgan fingerprint density at radius 2 is 1.97 bits per heavy atom. The molecule has 0 unspecified atom stereocenters. The Balaban J connectivity index is 2.49. The lowest BCUT2D eigenvalue weighted by Gasteiger charge is -2.28. The van der Waals surface area contributed by atoms with Crippen LogP contribution in [-0.2, 0) is 25.8 Å². The topological polar surface area (TPSA) is 181 Å². The molecule has 0 saturated carbocycles. The van der Waals surface area contributed by atoms with Crippen LogP contribution in [0.3, 0.4) is 0 Å². The number of pyridine rings is 1. The summed E-state index contributed by atoms with van der Waals surface area (Å²) in [6, 6.07) is 2.96. The van der Waals surface area contributed by atoms with Gasteiger partial charge < -0.3 is 26.1 Å². The van der Waals surface area contributed by atoms with Crippen LogP contribution in [0.15, 0.2) is 51.2 Å². The van der Waals surface area contributed by atoms with Gasteiger partial charge in [-0.25, -0.2) is 8.42 Å². The highest BCUT2D eigenvalue weighted by molar-refractivity contribution is 7.92. The van der Waals surface area contributed by atoms with Crippen molar-refractivity contribution in [1.29, 1.82) is 0 Å². The average Bonchev–Trinajstić information content (AvgIpc) is 2.76. The molecule has 0 aliphatic carbocycles. The summed E-state index contributed by atoms with van der Waals surface area (Å²) >= 11 is 0. The highest BCUT2D eigenvalue weighted by Crippen LogP contribution is 2.32. The van der Waals surface area contributed by atoms with E-state index in [-0.39, 0.29) is 31.0 Å². The Kier molecular flexibility index (Phi) is 8.62. The van der Waals surface area contributed by atoms with Gasteiger partial charge in [-0.3, -0.25) is 19.3 Å². The third-order valence-corrected chi connectivity index (χ3v) is 6.03. The molecule has 0 aliphatic rings. The van der Waals surface area contributed by atoms with E-state index in [4.69, 9.17) is 11.5 Å². The van der Waals surface area contributed by atoms with E-state index in [0.29, 0.717) is 18.4 Å². The predicted molar refractivity (Wildman–Crippen MR) is 122 cm³/mol. The minimum atomic E-state index is -4.80. The molecule has 2 rings (SSSR count). The summed E-state index contributed by atoms with van der Waals surface area (Å²) in [7, 11) is -4.71. The molecule has 1 aromatic carbocycles. The molecule has 0 spiro atoms. The number of aromatic nitrogens is 1. The number of aromatic amines is 1. The maximum atomic E-state index is 13.0. The van der Waals surface area contributed by atoms with Crippen LogP contribution in [-0.4, -0.2) is 44.1 Å². The molecule has 0 aliphatic heterocycles. The molecule has 1 heterocycles. The van der Waals surface area contributed by atoms with Crippen LogP contribution in [0.1, 0.15) is 25.3 Å². The Hall–Kier alpha value is -3.88. The van der Waals surface area contributed by atoms with E-state index in [2.05, 4.69) is 9.98 Å². The molecule has 15 heteroatoms. The van der Waals surface area contributed by atoms with E-state index in [1.54, 1.807) is 0 Å². The quantitative estimate of drug-likeness (QED) is 0.158. The Bertz CT molecular complexity index is 1270. The number of guanidine groups is 1. The summed E-state index contributed by atoms with van der Waals surface area (Å²) in [6.07, 6.45) is -2.92. The standard InChI is InChI=1S/C20H23F3N6O5S/c1-12(31)29(14(11-30)5-3-8-27-19(24)25)16-7-9-26-18(32)17(16)28-35(33,34)15-6-2-4-13(10-15)20(21,22)23/h2,4,6-7,9-11,14,28H,3,5,8H2,1H3,(H,26,32)(H4,24,25,27)/t14-/m0/s1. The van der Waals surface area contributed by atoms with Crippen LogP contribution >= 0.6 is 0 Å². The first-order valence-corrected chi connectivity index (χ1v) is 11.5. The van der Waals surface area contributed by atoms with Gasteiger partial charge in [0, 0.05) is 19.7 Å². The molecular formula is C20H23F3N6O5S. The molecule has 1 atom stereocenters. The number of aldehydes is 1. The second-order valence-electron chi connectivity index (χ2n) is 7.24. The van der Waals surface area contributed by atoms with Gasteiger partial charge in [0.15, 0.2) is 5.96 Å². The van der Waals surface area contributed by atoms with Crippen molar-refractivity contribution in [2.24, 2.45) is 16.5 Å². The highest BCUT2D eigenvalue weighted by atomic mass is 32.2. The molecule has 0 radical (unpaired) electrons. The summed E-state index contributed by atoms with van der Waals surface area (Å²) in [5, 5.41) is 0. The summed E-state index contributed by atoms with van der Waals surface area (Å²) in [5.74, 6) is -0.869. The van der Waals surface area contributed by atoms with Crippen molar-refractivity contribution < 1.29 is 31.2 Å². The van der Waals surface area contributed by atoms with E-state index in [1.807, 2.05) is 4.72 Å². The number of nitrogens with zero attached hydrogens (tertiary/aromatic N) is 2. The van der Waals surface area contributed by atoms with Gasteiger partial charge in [0.05, 0.1) is 22.2 Å². The largest absolute Gasteiger partial charge is 0.416 e. The summed E-state index contributed by atoms with van der Waals surface area (Å²) < 4.78 is 66.7. The number of benzene rings is 1. The van der Waals surface area contributed by atoms with Gasteiger partial charge >= 0.3 is 6.18 Å². The van der Waals surface area contributed by atoms with Crippen molar-refractivity contribution in [2.45, 2.75) is 36.9 Å². The number of nitrogens with two attached hydrogens (primary N) is 2. The Morgan fingerprint density at radius 1 is 1.29 bits per heavy atom. The zero-order valence-corrected chi connectivity index (χ0v) is 19.2. The van der Waals surface area contributed by atoms with Crippen molar-refractivity contribution >= 4 is 39.6 Å². The van der Waals surface area contributed by atoms with E-state index >= 15 is 0 Å². The number of carbonyl (C=O) groups is 2. The average molecular weight is 517 g/mol. The number of hydrogen-bond donors (Lipinski definition) is 4. The number of carbonyl (C=O) groups excluding carboxylic acids is 2. The van der Waals surface area contributed by atoms with E-state index in [9.17, 15) is 36.0 Å². The number of sulfonamides is 1. The second kappa shape index (κ2) is 11.0. The van der Waals surface area contributed by atoms with Crippen molar-refractivity contribution in [2.75, 3.05) is 16.2 Å². The minimum absolute atomic E-state index is 0.0620. The van der Waals surface area contributed by atoms with Gasteiger partial charge in [0.25, 0.3) is 15.6 Å². The van der Waals surface area contributed by atoms with Crippen molar-refractivity contribution in [3.8, 4) is 0 Å². The maximum Gasteiger partial charge on any atom is 0.416 e. The number of H-pyrrole nitrogens is 1. The molecule has 11 nitrogen and oxygen atoms in total. The number of halogens is 3. The van der Waals surface area contributed by atoms with Gasteiger partial charge in [-0.1, -0.05) is 6.07 Å². The minimum Gasteiger partial charge on any atom is -0.370 e. The van der Waals surface area contributed by atoms with E-state index < -0.39 is 49.9 Å². The lowest BCUT2D eigenvalue weighted by Crippen LogP contribution is -2.41. The summed E-state index contributed by atoms with van der Waals surface area (Å²) in [4.78, 5) is 42.9. The van der Waals surface area contributed by atoms with Crippen molar-refractivity contribution in [1.82, 2.24) is 4.98 Å². The van der Waals surface area contributed by atoms with E-state index in [1.165, 1.54) is 6.07 Å². The smallest absolute Gasteiger partial charge is 0.370 e. The summed E-state index contributed by atoms with van der Waals surface area (Å²) in [6.45, 7) is 1.24. The monoisotopic (exact) mass is 516 g/mol. The molecule has 190 valence electrons. The molecule has 6 N–H and O–H groups in total. The number of amides is 1. The van der Waals surface area contributed by atoms with Crippen LogP contribution in [0.4, 0.5) is 24.5 Å². The normalized spacial score (nSPS) is 12.5. The first-order valence-electron chi connectivity index (χ1n) is 10.00. The Morgan fingerprint density at radius 3 is 2.54 bits per heavy atom. The molecule has 0 fully saturated rings. The van der Waals surface area contributed by atoms with Gasteiger partial charge in [0.1, 0.15) is 12.0 Å². The SMILES string of the molecule is CC(=O)N(c1cc[nH]c(=O)c1NS(=O)(=O)c1cccc(C(F)(F)F)c1)[C@H](C=O)CCCN=C(N)N. The molecule has 35 heavy (non-hydrogen) atoms. The van der Waals surface area contributed by atoms with Crippen LogP contribution in [0.25, 0.3) is 0 Å². The molecule has 0 bridgehead atoms. The lowest BCUT2D eigenvalue weighted by atomic mass is 10.1. The highest BCUT2D eigenvalue weighted by Gasteiger charge is 2.32. The van der Waals surface area contributed by atoms with Crippen LogP contribution in [0, 0.1) is 0 Å². The zero-order chi connectivity index (χ0) is 26.4. The second-order valence-corrected chi connectivity index (χ2v) is 8.92. The summed E-state index contributed by atoms with van der Waals surface area (Å²) in [5.41, 5.74) is 7.36. The number of hydrogen-bond acceptors (Lipinski definition) is 6. The molecular weight excluding hydrogens is 493 g/mol. The van der Waals surface area contributed by atoms with Crippen LogP contribution < -0.4 is 26.6 Å². The van der Waals surface area contributed by atoms with Crippen molar-refractivity contribution in [3.05, 3.63) is 52.4 Å². The molecule has 2 aromatic rings. The van der Waals surface area contributed by atoms with Gasteiger partial charge in [-0.2, -0.15) is 13.2 Å². The van der Waals surface area contributed by atoms with Gasteiger partial charge in [-0.05, 0) is 37.1 Å².